The average molecular weight is 1070 g/mol. The van der Waals surface area contributed by atoms with Gasteiger partial charge in [-0.3, -0.25) is 33.6 Å². The lowest BCUT2D eigenvalue weighted by Crippen LogP contribution is -2.60. The van der Waals surface area contributed by atoms with Gasteiger partial charge in [0.25, 0.3) is 0 Å². The molecule has 0 aliphatic rings. The van der Waals surface area contributed by atoms with Crippen molar-refractivity contribution in [2.75, 3.05) is 6.54 Å². The van der Waals surface area contributed by atoms with Gasteiger partial charge in [-0.1, -0.05) is 66.7 Å². The molecule has 412 valence electrons. The van der Waals surface area contributed by atoms with Crippen molar-refractivity contribution >= 4 is 69.1 Å². The van der Waals surface area contributed by atoms with E-state index in [0.29, 0.717) is 36.2 Å². The van der Waals surface area contributed by atoms with Crippen LogP contribution in [-0.2, 0) is 64.0 Å². The standard InChI is InChI=1S/C50H63N13O7.C2HF3O2/c1-28(52)45(65)60-42(23-33-26-54-27-56-33)50(70)63-43(24-36-29(2)57-38-18-10-8-16-35(36)38)47(67)58-30(3)46(66)61-41(22-32-25-55-37-17-9-7-15-34(32)37)49(69)62-40(21-31-13-5-4-6-14-31)48(68)59-39(44(53)64)19-11-12-20-51;3-2(4,5)1(6)7/h4-10,13-18,25-28,30,39-43,55,57H,11-12,19-24,51-52H2,1-3H3,(H2,53,64)(H,54,56)(H,58,67)(H,59,68)(H,60,65)(H,61,66)(H,62,69)(H,63,70);(H,6,7)/t28-,30-,39-,40+,41-,42-,43+;/m0./s1. The molecule has 16 N–H and O–H groups in total. The van der Waals surface area contributed by atoms with Gasteiger partial charge in [0.15, 0.2) is 0 Å². The van der Waals surface area contributed by atoms with E-state index < -0.39 is 95.8 Å². The van der Waals surface area contributed by atoms with Gasteiger partial charge in [-0.05, 0) is 75.4 Å². The number of alkyl halides is 3. The van der Waals surface area contributed by atoms with Crippen LogP contribution < -0.4 is 49.1 Å². The molecule has 0 radical (unpaired) electrons. The van der Waals surface area contributed by atoms with Crippen LogP contribution in [0.1, 0.15) is 61.2 Å². The second-order valence-electron chi connectivity index (χ2n) is 18.3. The maximum absolute atomic E-state index is 14.6. The van der Waals surface area contributed by atoms with E-state index >= 15 is 0 Å². The van der Waals surface area contributed by atoms with Gasteiger partial charge in [0.1, 0.15) is 36.3 Å². The number of aromatic nitrogens is 4. The number of carboxylic acids is 1. The van der Waals surface area contributed by atoms with Crippen molar-refractivity contribution in [1.29, 1.82) is 0 Å². The maximum atomic E-state index is 14.6. The van der Waals surface area contributed by atoms with Crippen molar-refractivity contribution in [3.8, 4) is 0 Å². The van der Waals surface area contributed by atoms with Crippen LogP contribution >= 0.6 is 0 Å². The summed E-state index contributed by atoms with van der Waals surface area (Å²) in [5.41, 5.74) is 22.2. The molecule has 0 saturated heterocycles. The first kappa shape index (κ1) is 59.3. The molecular formula is C52H64F3N13O9. The molecular weight excluding hydrogens is 1010 g/mol. The third kappa shape index (κ3) is 17.5. The number of para-hydroxylation sites is 2. The number of hydrogen-bond donors (Lipinski definition) is 13. The summed E-state index contributed by atoms with van der Waals surface area (Å²) >= 11 is 0. The number of imidazole rings is 1. The molecule has 3 aromatic heterocycles. The maximum Gasteiger partial charge on any atom is 0.490 e. The molecule has 77 heavy (non-hydrogen) atoms. The Labute approximate surface area is 440 Å². The lowest BCUT2D eigenvalue weighted by molar-refractivity contribution is -0.192. The molecule has 0 spiro atoms. The van der Waals surface area contributed by atoms with E-state index in [1.807, 2.05) is 61.5 Å². The summed E-state index contributed by atoms with van der Waals surface area (Å²) < 4.78 is 31.7. The van der Waals surface area contributed by atoms with Crippen LogP contribution in [0.5, 0.6) is 0 Å². The number of nitrogens with two attached hydrogens (primary N) is 3. The first-order valence-corrected chi connectivity index (χ1v) is 24.6. The number of aromatic amines is 3. The number of rotatable bonds is 25. The number of fused-ring (bicyclic) bond motifs is 2. The molecule has 25 heteroatoms. The molecule has 0 unspecified atom stereocenters. The van der Waals surface area contributed by atoms with Crippen LogP contribution in [0.4, 0.5) is 13.2 Å². The van der Waals surface area contributed by atoms with Crippen molar-refractivity contribution < 1.29 is 56.6 Å². The highest BCUT2D eigenvalue weighted by Crippen LogP contribution is 2.24. The van der Waals surface area contributed by atoms with E-state index in [4.69, 9.17) is 27.1 Å². The quantitative estimate of drug-likeness (QED) is 0.0363. The highest BCUT2D eigenvalue weighted by atomic mass is 19.4. The second-order valence-corrected chi connectivity index (χ2v) is 18.3. The largest absolute Gasteiger partial charge is 0.490 e. The Morgan fingerprint density at radius 3 is 1.74 bits per heavy atom. The number of nitrogens with one attached hydrogen (secondary N) is 9. The number of carbonyl (C=O) groups excluding carboxylic acids is 7. The monoisotopic (exact) mass is 1070 g/mol. The lowest BCUT2D eigenvalue weighted by Gasteiger charge is -2.27. The Kier molecular flexibility index (Phi) is 21.4. The highest BCUT2D eigenvalue weighted by molar-refractivity contribution is 5.98. The first-order valence-electron chi connectivity index (χ1n) is 24.6. The Bertz CT molecular complexity index is 2980. The van der Waals surface area contributed by atoms with Crippen molar-refractivity contribution in [1.82, 2.24) is 51.8 Å². The third-order valence-corrected chi connectivity index (χ3v) is 12.3. The zero-order valence-electron chi connectivity index (χ0n) is 42.5. The SMILES string of the molecule is Cc1[nH]c2ccccc2c1C[C@@H](NC(=O)[C@H](Cc1cnc[nH]1)NC(=O)[C@H](C)N)C(=O)N[C@@H](C)C(=O)N[C@@H](Cc1c[nH]c2ccccc12)C(=O)N[C@H](Cc1ccccc1)C(=O)N[C@@H](CCCCN)C(N)=O.O=C(O)C(F)(F)F. The van der Waals surface area contributed by atoms with Gasteiger partial charge in [-0.25, -0.2) is 9.78 Å². The Morgan fingerprint density at radius 1 is 0.636 bits per heavy atom. The minimum absolute atomic E-state index is 0.00216. The second kappa shape index (κ2) is 27.8. The number of aliphatic carboxylic acids is 1. The summed E-state index contributed by atoms with van der Waals surface area (Å²) in [6.45, 7) is 5.15. The minimum Gasteiger partial charge on any atom is -0.475 e. The number of aryl methyl sites for hydroxylation is 1. The summed E-state index contributed by atoms with van der Waals surface area (Å²) in [5.74, 6) is -7.64. The predicted octanol–water partition coefficient (Wildman–Crippen LogP) is 1.47. The van der Waals surface area contributed by atoms with E-state index in [-0.39, 0.29) is 32.1 Å². The van der Waals surface area contributed by atoms with Crippen molar-refractivity contribution in [3.05, 3.63) is 126 Å². The number of halogens is 3. The lowest BCUT2D eigenvalue weighted by atomic mass is 10.0. The van der Waals surface area contributed by atoms with Gasteiger partial charge in [0.2, 0.25) is 41.4 Å². The van der Waals surface area contributed by atoms with Crippen LogP contribution in [0.2, 0.25) is 0 Å². The van der Waals surface area contributed by atoms with Crippen LogP contribution in [0.25, 0.3) is 21.8 Å². The summed E-state index contributed by atoms with van der Waals surface area (Å²) in [4.78, 5) is 119. The van der Waals surface area contributed by atoms with E-state index in [0.717, 1.165) is 33.1 Å². The Morgan fingerprint density at radius 2 is 1.16 bits per heavy atom. The van der Waals surface area contributed by atoms with E-state index in [1.165, 1.54) is 26.4 Å². The van der Waals surface area contributed by atoms with Gasteiger partial charge >= 0.3 is 12.1 Å². The van der Waals surface area contributed by atoms with Gasteiger partial charge in [0, 0.05) is 71.3 Å². The summed E-state index contributed by atoms with van der Waals surface area (Å²) in [6.07, 6.45) is 0.955. The van der Waals surface area contributed by atoms with Gasteiger partial charge in [-0.15, -0.1) is 0 Å². The molecule has 0 saturated carbocycles. The number of H-pyrrole nitrogens is 3. The molecule has 0 bridgehead atoms. The minimum atomic E-state index is -5.08. The number of nitrogens with zero attached hydrogens (tertiary/aromatic N) is 1. The molecule has 3 aromatic carbocycles. The number of primary amides is 1. The van der Waals surface area contributed by atoms with Crippen LogP contribution in [0.15, 0.2) is 97.6 Å². The summed E-state index contributed by atoms with van der Waals surface area (Å²) in [7, 11) is 0. The van der Waals surface area contributed by atoms with Gasteiger partial charge in [-0.2, -0.15) is 13.2 Å². The topological polar surface area (TPSA) is 367 Å². The molecule has 3 heterocycles. The van der Waals surface area contributed by atoms with Crippen LogP contribution in [0, 0.1) is 6.92 Å². The average Bonchev–Trinajstić information content (AvgIpc) is 4.14. The fraction of sp³-hybridized carbons (Fsp3) is 0.365. The van der Waals surface area contributed by atoms with E-state index in [9.17, 15) is 46.7 Å². The first-order chi connectivity index (χ1) is 36.6. The molecule has 7 atom stereocenters. The number of hydrogen-bond acceptors (Lipinski definition) is 11. The Hall–Kier alpha value is -8.58. The summed E-state index contributed by atoms with van der Waals surface area (Å²) in [5, 5.41) is 25.3. The number of unbranched alkanes of at least 4 members (excludes halogenated alkanes) is 1. The third-order valence-electron chi connectivity index (χ3n) is 12.3. The van der Waals surface area contributed by atoms with Crippen molar-refractivity contribution in [2.24, 2.45) is 17.2 Å². The number of benzene rings is 3. The fourth-order valence-electron chi connectivity index (χ4n) is 8.20. The molecule has 0 aliphatic heterocycles. The molecule has 0 fully saturated rings. The predicted molar refractivity (Wildman–Crippen MR) is 278 cm³/mol. The molecule has 6 aromatic rings. The molecule has 6 rings (SSSR count). The number of carbonyl (C=O) groups is 8. The number of carboxylic acid groups (broad SMARTS) is 1. The van der Waals surface area contributed by atoms with E-state index in [2.05, 4.69) is 51.8 Å². The molecule has 22 nitrogen and oxygen atoms in total. The zero-order valence-corrected chi connectivity index (χ0v) is 42.5. The Balaban J connectivity index is 0.00000146. The van der Waals surface area contributed by atoms with Gasteiger partial charge < -0.3 is 69.2 Å². The van der Waals surface area contributed by atoms with Crippen LogP contribution in [0.3, 0.4) is 0 Å². The van der Waals surface area contributed by atoms with Crippen LogP contribution in [-0.4, -0.2) is 127 Å². The van der Waals surface area contributed by atoms with E-state index in [1.54, 1.807) is 30.5 Å². The zero-order chi connectivity index (χ0) is 56.4. The normalized spacial score (nSPS) is 14.0. The summed E-state index contributed by atoms with van der Waals surface area (Å²) in [6, 6.07) is 15.7. The fourth-order valence-corrected chi connectivity index (χ4v) is 8.20. The van der Waals surface area contributed by atoms with Gasteiger partial charge in [0.05, 0.1) is 12.4 Å². The highest BCUT2D eigenvalue weighted by Gasteiger charge is 2.38. The number of amides is 7. The molecule has 0 aliphatic carbocycles. The molecule has 7 amide bonds. The smallest absolute Gasteiger partial charge is 0.475 e. The van der Waals surface area contributed by atoms with Crippen molar-refractivity contribution in [3.63, 3.8) is 0 Å². The van der Waals surface area contributed by atoms with Crippen molar-refractivity contribution in [2.45, 2.75) is 114 Å².